The van der Waals surface area contributed by atoms with Gasteiger partial charge < -0.3 is 15.8 Å². The van der Waals surface area contributed by atoms with Gasteiger partial charge >= 0.3 is 0 Å². The number of rotatable bonds is 8. The van der Waals surface area contributed by atoms with E-state index in [1.165, 1.54) is 0 Å². The smallest absolute Gasteiger partial charge is 0.232 e. The highest BCUT2D eigenvalue weighted by Gasteiger charge is 2.09. The third-order valence-corrected chi connectivity index (χ3v) is 3.99. The van der Waals surface area contributed by atoms with Crippen LogP contribution in [0.1, 0.15) is 11.4 Å². The minimum atomic E-state index is 0.199. The number of para-hydroxylation sites is 2. The number of likely N-dealkylation sites (N-methyl/N-ethyl adjacent to an activating group) is 1. The monoisotopic (exact) mass is 364 g/mol. The molecule has 7 heteroatoms. The maximum atomic E-state index is 5.86. The first-order valence-electron chi connectivity index (χ1n) is 8.79. The van der Waals surface area contributed by atoms with Crippen molar-refractivity contribution in [1.29, 1.82) is 0 Å². The van der Waals surface area contributed by atoms with Crippen molar-refractivity contribution in [3.05, 3.63) is 66.0 Å². The number of ether oxygens (including phenoxy) is 1. The maximum absolute atomic E-state index is 5.86. The second kappa shape index (κ2) is 8.95. The summed E-state index contributed by atoms with van der Waals surface area (Å²) in [7, 11) is 1.99. The van der Waals surface area contributed by atoms with Crippen LogP contribution in [0.15, 0.2) is 54.6 Å². The molecule has 1 heterocycles. The second-order valence-corrected chi connectivity index (χ2v) is 6.27. The van der Waals surface area contributed by atoms with Gasteiger partial charge in [0.15, 0.2) is 0 Å². The summed E-state index contributed by atoms with van der Waals surface area (Å²) in [4.78, 5) is 15.0. The van der Waals surface area contributed by atoms with Crippen molar-refractivity contribution < 1.29 is 4.74 Å². The van der Waals surface area contributed by atoms with Crippen LogP contribution in [0.25, 0.3) is 0 Å². The van der Waals surface area contributed by atoms with Gasteiger partial charge in [-0.05, 0) is 37.7 Å². The lowest BCUT2D eigenvalue weighted by Crippen LogP contribution is -2.25. The number of hydrogen-bond donors (Lipinski definition) is 2. The van der Waals surface area contributed by atoms with E-state index in [0.717, 1.165) is 23.5 Å². The van der Waals surface area contributed by atoms with Gasteiger partial charge in [-0.2, -0.15) is 15.0 Å². The molecule has 3 rings (SSSR count). The molecule has 0 spiro atoms. The zero-order valence-corrected chi connectivity index (χ0v) is 15.6. The van der Waals surface area contributed by atoms with Gasteiger partial charge in [0, 0.05) is 12.2 Å². The standard InChI is InChI=1S/C20H24N6O/c1-15-8-6-7-11-17(15)22-20-24-18(23-19(21)25-20)14-26(2)12-13-27-16-9-4-3-5-10-16/h3-11H,12-14H2,1-2H3,(H3,21,22,23,24,25). The first-order chi connectivity index (χ1) is 13.1. The summed E-state index contributed by atoms with van der Waals surface area (Å²) in [5.41, 5.74) is 7.91. The van der Waals surface area contributed by atoms with Crippen LogP contribution in [-0.2, 0) is 6.54 Å². The van der Waals surface area contributed by atoms with Crippen LogP contribution < -0.4 is 15.8 Å². The van der Waals surface area contributed by atoms with Crippen LogP contribution >= 0.6 is 0 Å². The highest BCUT2D eigenvalue weighted by atomic mass is 16.5. The van der Waals surface area contributed by atoms with E-state index in [1.807, 2.05) is 68.6 Å². The molecule has 0 aliphatic heterocycles. The number of anilines is 3. The van der Waals surface area contributed by atoms with E-state index in [4.69, 9.17) is 10.5 Å². The average Bonchev–Trinajstić information content (AvgIpc) is 2.64. The van der Waals surface area contributed by atoms with Gasteiger partial charge in [0.1, 0.15) is 18.2 Å². The fraction of sp³-hybridized carbons (Fsp3) is 0.250. The van der Waals surface area contributed by atoms with Gasteiger partial charge in [-0.15, -0.1) is 0 Å². The Balaban J connectivity index is 1.58. The molecule has 7 nitrogen and oxygen atoms in total. The first-order valence-corrected chi connectivity index (χ1v) is 8.79. The minimum Gasteiger partial charge on any atom is -0.492 e. The summed E-state index contributed by atoms with van der Waals surface area (Å²) >= 11 is 0. The van der Waals surface area contributed by atoms with Gasteiger partial charge in [0.25, 0.3) is 0 Å². The Kier molecular flexibility index (Phi) is 6.17. The zero-order valence-electron chi connectivity index (χ0n) is 15.6. The number of hydrogen-bond acceptors (Lipinski definition) is 7. The normalized spacial score (nSPS) is 10.8. The van der Waals surface area contributed by atoms with Gasteiger partial charge in [0.2, 0.25) is 11.9 Å². The Morgan fingerprint density at radius 1 is 1.00 bits per heavy atom. The number of nitrogens with two attached hydrogens (primary N) is 1. The number of nitrogen functional groups attached to an aromatic ring is 1. The van der Waals surface area contributed by atoms with Crippen LogP contribution in [0.5, 0.6) is 5.75 Å². The van der Waals surface area contributed by atoms with Gasteiger partial charge in [0.05, 0.1) is 6.54 Å². The molecule has 0 fully saturated rings. The maximum Gasteiger partial charge on any atom is 0.232 e. The van der Waals surface area contributed by atoms with Crippen LogP contribution in [0.4, 0.5) is 17.6 Å². The van der Waals surface area contributed by atoms with E-state index in [1.54, 1.807) is 0 Å². The van der Waals surface area contributed by atoms with Crippen molar-refractivity contribution in [3.63, 3.8) is 0 Å². The molecule has 0 atom stereocenters. The second-order valence-electron chi connectivity index (χ2n) is 6.27. The molecule has 0 amide bonds. The summed E-state index contributed by atoms with van der Waals surface area (Å²) in [6, 6.07) is 17.7. The molecule has 27 heavy (non-hydrogen) atoms. The van der Waals surface area contributed by atoms with Crippen molar-refractivity contribution in [2.24, 2.45) is 0 Å². The van der Waals surface area contributed by atoms with E-state index in [9.17, 15) is 0 Å². The van der Waals surface area contributed by atoms with Crippen molar-refractivity contribution in [2.45, 2.75) is 13.5 Å². The quantitative estimate of drug-likeness (QED) is 0.635. The lowest BCUT2D eigenvalue weighted by Gasteiger charge is -2.16. The number of benzene rings is 2. The summed E-state index contributed by atoms with van der Waals surface area (Å²) in [5, 5.41) is 3.21. The topological polar surface area (TPSA) is 89.2 Å². The van der Waals surface area contributed by atoms with Gasteiger partial charge in [-0.25, -0.2) is 0 Å². The molecular weight excluding hydrogens is 340 g/mol. The molecule has 3 N–H and O–H groups in total. The van der Waals surface area contributed by atoms with Crippen LogP contribution in [0.3, 0.4) is 0 Å². The van der Waals surface area contributed by atoms with Crippen LogP contribution in [-0.4, -0.2) is 40.1 Å². The zero-order chi connectivity index (χ0) is 19.1. The highest BCUT2D eigenvalue weighted by Crippen LogP contribution is 2.18. The average molecular weight is 364 g/mol. The SMILES string of the molecule is Cc1ccccc1Nc1nc(N)nc(CN(C)CCOc2ccccc2)n1. The number of nitrogens with one attached hydrogen (secondary N) is 1. The highest BCUT2D eigenvalue weighted by molar-refractivity contribution is 5.58. The van der Waals surface area contributed by atoms with Crippen molar-refractivity contribution >= 4 is 17.6 Å². The predicted octanol–water partition coefficient (Wildman–Crippen LogP) is 3.02. The number of aromatic nitrogens is 3. The molecule has 0 aliphatic carbocycles. The molecular formula is C20H24N6O. The lowest BCUT2D eigenvalue weighted by atomic mass is 10.2. The fourth-order valence-electron chi connectivity index (χ4n) is 2.55. The molecule has 0 radical (unpaired) electrons. The summed E-state index contributed by atoms with van der Waals surface area (Å²) in [6.45, 7) is 3.89. The molecule has 0 saturated carbocycles. The number of aryl methyl sites for hydroxylation is 1. The molecule has 3 aromatic rings. The molecule has 0 unspecified atom stereocenters. The van der Waals surface area contributed by atoms with Gasteiger partial charge in [-0.1, -0.05) is 36.4 Å². The van der Waals surface area contributed by atoms with Crippen molar-refractivity contribution in [1.82, 2.24) is 19.9 Å². The third-order valence-electron chi connectivity index (χ3n) is 3.99. The third kappa shape index (κ3) is 5.65. The molecule has 1 aromatic heterocycles. The van der Waals surface area contributed by atoms with E-state index in [2.05, 4.69) is 25.2 Å². The van der Waals surface area contributed by atoms with Crippen LogP contribution in [0.2, 0.25) is 0 Å². The van der Waals surface area contributed by atoms with Gasteiger partial charge in [-0.3, -0.25) is 4.90 Å². The largest absolute Gasteiger partial charge is 0.492 e. The van der Waals surface area contributed by atoms with Crippen LogP contribution in [0, 0.1) is 6.92 Å². The first kappa shape index (κ1) is 18.6. The van der Waals surface area contributed by atoms with Crippen molar-refractivity contribution in [3.8, 4) is 5.75 Å². The predicted molar refractivity (Wildman–Crippen MR) is 107 cm³/mol. The van der Waals surface area contributed by atoms with E-state index in [0.29, 0.717) is 24.9 Å². The summed E-state index contributed by atoms with van der Waals surface area (Å²) in [6.07, 6.45) is 0. The Hall–Kier alpha value is -3.19. The summed E-state index contributed by atoms with van der Waals surface area (Å²) < 4.78 is 5.72. The Morgan fingerprint density at radius 2 is 1.74 bits per heavy atom. The minimum absolute atomic E-state index is 0.199. The molecule has 0 bridgehead atoms. The summed E-state index contributed by atoms with van der Waals surface area (Å²) in [5.74, 6) is 2.12. The molecule has 0 aliphatic rings. The molecule has 2 aromatic carbocycles. The van der Waals surface area contributed by atoms with E-state index >= 15 is 0 Å². The van der Waals surface area contributed by atoms with E-state index in [-0.39, 0.29) is 5.95 Å². The van der Waals surface area contributed by atoms with E-state index < -0.39 is 0 Å². The lowest BCUT2D eigenvalue weighted by molar-refractivity contribution is 0.230. The molecule has 0 saturated heterocycles. The Bertz CT molecular complexity index is 871. The number of nitrogens with zero attached hydrogens (tertiary/aromatic N) is 4. The molecule has 140 valence electrons. The Morgan fingerprint density at radius 3 is 2.52 bits per heavy atom. The van der Waals surface area contributed by atoms with Crippen molar-refractivity contribution in [2.75, 3.05) is 31.2 Å². The Labute approximate surface area is 159 Å². The fourth-order valence-corrected chi connectivity index (χ4v) is 2.55.